The highest BCUT2D eigenvalue weighted by atomic mass is 16.7. The zero-order chi connectivity index (χ0) is 12.2. The van der Waals surface area contributed by atoms with E-state index in [-0.39, 0.29) is 17.9 Å². The molecule has 0 aromatic rings. The Hall–Kier alpha value is -0.160. The van der Waals surface area contributed by atoms with E-state index in [9.17, 15) is 10.2 Å². The van der Waals surface area contributed by atoms with Crippen molar-refractivity contribution in [2.45, 2.75) is 52.6 Å². The first-order valence-corrected chi connectivity index (χ1v) is 5.61. The van der Waals surface area contributed by atoms with Crippen molar-refractivity contribution in [3.63, 3.8) is 0 Å². The molecule has 1 saturated heterocycles. The standard InChI is InChI=1S/C9H18O4.C2H6/c1-5(2)7-6(3)13-9(12,4-10)8(7)11;1-2/h5-8,10-12H,4H2,1-3H3;1-2H3/t6-,7-,8+,9?;/m1./s1. The van der Waals surface area contributed by atoms with Gasteiger partial charge in [0, 0.05) is 5.92 Å². The lowest BCUT2D eigenvalue weighted by Gasteiger charge is -2.25. The Bertz CT molecular complexity index is 183. The average molecular weight is 220 g/mol. The van der Waals surface area contributed by atoms with E-state index in [0.29, 0.717) is 0 Å². The van der Waals surface area contributed by atoms with Crippen molar-refractivity contribution in [3.8, 4) is 0 Å². The molecule has 0 bridgehead atoms. The van der Waals surface area contributed by atoms with E-state index < -0.39 is 18.5 Å². The summed E-state index contributed by atoms with van der Waals surface area (Å²) in [7, 11) is 0. The molecule has 1 aliphatic rings. The van der Waals surface area contributed by atoms with E-state index in [4.69, 9.17) is 9.84 Å². The molecule has 0 saturated carbocycles. The van der Waals surface area contributed by atoms with Crippen LogP contribution in [0.4, 0.5) is 0 Å². The number of aliphatic hydroxyl groups excluding tert-OH is 2. The first-order chi connectivity index (χ1) is 6.92. The SMILES string of the molecule is CC.CC(C)[C@@H]1[C@@H](C)OC(O)(CO)[C@H]1O. The summed E-state index contributed by atoms with van der Waals surface area (Å²) >= 11 is 0. The van der Waals surface area contributed by atoms with Gasteiger partial charge in [-0.15, -0.1) is 0 Å². The lowest BCUT2D eigenvalue weighted by atomic mass is 9.85. The summed E-state index contributed by atoms with van der Waals surface area (Å²) in [6.45, 7) is 9.14. The van der Waals surface area contributed by atoms with Gasteiger partial charge in [0.05, 0.1) is 12.7 Å². The molecular formula is C11H24O4. The molecule has 0 amide bonds. The molecule has 0 aliphatic carbocycles. The molecule has 1 rings (SSSR count). The maximum absolute atomic E-state index is 9.71. The highest BCUT2D eigenvalue weighted by molar-refractivity contribution is 4.94. The Morgan fingerprint density at radius 1 is 1.33 bits per heavy atom. The van der Waals surface area contributed by atoms with Crippen LogP contribution in [0.2, 0.25) is 0 Å². The van der Waals surface area contributed by atoms with Crippen LogP contribution in [-0.2, 0) is 4.74 Å². The van der Waals surface area contributed by atoms with Crippen molar-refractivity contribution in [1.82, 2.24) is 0 Å². The van der Waals surface area contributed by atoms with Crippen molar-refractivity contribution < 1.29 is 20.1 Å². The molecule has 1 unspecified atom stereocenters. The summed E-state index contributed by atoms with van der Waals surface area (Å²) in [4.78, 5) is 0. The van der Waals surface area contributed by atoms with Crippen molar-refractivity contribution >= 4 is 0 Å². The molecule has 0 radical (unpaired) electrons. The fraction of sp³-hybridized carbons (Fsp3) is 1.00. The van der Waals surface area contributed by atoms with Crippen LogP contribution in [-0.4, -0.2) is 39.9 Å². The maximum Gasteiger partial charge on any atom is 0.216 e. The summed E-state index contributed by atoms with van der Waals surface area (Å²) < 4.78 is 5.14. The van der Waals surface area contributed by atoms with Gasteiger partial charge in [-0.1, -0.05) is 27.7 Å². The number of ether oxygens (including phenoxy) is 1. The molecule has 15 heavy (non-hydrogen) atoms. The lowest BCUT2D eigenvalue weighted by Crippen LogP contribution is -2.45. The molecule has 1 aliphatic heterocycles. The highest BCUT2D eigenvalue weighted by Crippen LogP contribution is 2.37. The minimum atomic E-state index is -1.77. The predicted molar refractivity (Wildman–Crippen MR) is 58.3 cm³/mol. The largest absolute Gasteiger partial charge is 0.391 e. The molecule has 0 spiro atoms. The molecule has 1 heterocycles. The Morgan fingerprint density at radius 3 is 2.00 bits per heavy atom. The quantitative estimate of drug-likeness (QED) is 0.642. The fourth-order valence-corrected chi connectivity index (χ4v) is 2.07. The molecule has 3 N–H and O–H groups in total. The van der Waals surface area contributed by atoms with Crippen LogP contribution in [0, 0.1) is 11.8 Å². The van der Waals surface area contributed by atoms with Gasteiger partial charge in [0.25, 0.3) is 0 Å². The summed E-state index contributed by atoms with van der Waals surface area (Å²) in [6, 6.07) is 0. The first kappa shape index (κ1) is 14.8. The van der Waals surface area contributed by atoms with Crippen molar-refractivity contribution in [2.24, 2.45) is 11.8 Å². The van der Waals surface area contributed by atoms with Crippen molar-refractivity contribution in [2.75, 3.05) is 6.61 Å². The molecule has 4 heteroatoms. The third kappa shape index (κ3) is 2.91. The van der Waals surface area contributed by atoms with Crippen molar-refractivity contribution in [3.05, 3.63) is 0 Å². The van der Waals surface area contributed by atoms with Crippen LogP contribution >= 0.6 is 0 Å². The smallest absolute Gasteiger partial charge is 0.216 e. The van der Waals surface area contributed by atoms with Crippen LogP contribution in [0.5, 0.6) is 0 Å². The second kappa shape index (κ2) is 5.80. The van der Waals surface area contributed by atoms with Crippen LogP contribution in [0.3, 0.4) is 0 Å². The predicted octanol–water partition coefficient (Wildman–Crippen LogP) is 0.745. The Kier molecular flexibility index (Phi) is 5.73. The topological polar surface area (TPSA) is 69.9 Å². The van der Waals surface area contributed by atoms with E-state index in [0.717, 1.165) is 0 Å². The fourth-order valence-electron chi connectivity index (χ4n) is 2.07. The number of aliphatic hydroxyl groups is 3. The summed E-state index contributed by atoms with van der Waals surface area (Å²) in [5.41, 5.74) is 0. The third-order valence-corrected chi connectivity index (χ3v) is 2.76. The lowest BCUT2D eigenvalue weighted by molar-refractivity contribution is -0.243. The molecular weight excluding hydrogens is 196 g/mol. The number of hydrogen-bond acceptors (Lipinski definition) is 4. The third-order valence-electron chi connectivity index (χ3n) is 2.76. The number of rotatable bonds is 2. The molecule has 92 valence electrons. The van der Waals surface area contributed by atoms with Gasteiger partial charge in [-0.05, 0) is 12.8 Å². The molecule has 4 nitrogen and oxygen atoms in total. The van der Waals surface area contributed by atoms with E-state index in [1.54, 1.807) is 6.92 Å². The maximum atomic E-state index is 9.71. The zero-order valence-electron chi connectivity index (χ0n) is 10.3. The van der Waals surface area contributed by atoms with Gasteiger partial charge < -0.3 is 20.1 Å². The number of hydrogen-bond donors (Lipinski definition) is 3. The van der Waals surface area contributed by atoms with E-state index in [1.165, 1.54) is 0 Å². The van der Waals surface area contributed by atoms with Gasteiger partial charge in [-0.25, -0.2) is 0 Å². The first-order valence-electron chi connectivity index (χ1n) is 5.61. The Labute approximate surface area is 91.9 Å². The highest BCUT2D eigenvalue weighted by Gasteiger charge is 2.52. The summed E-state index contributed by atoms with van der Waals surface area (Å²) in [5.74, 6) is -1.68. The second-order valence-electron chi connectivity index (χ2n) is 4.09. The molecule has 1 fully saturated rings. The van der Waals surface area contributed by atoms with Crippen LogP contribution in [0.15, 0.2) is 0 Å². The summed E-state index contributed by atoms with van der Waals surface area (Å²) in [6.07, 6.45) is -1.24. The van der Waals surface area contributed by atoms with Gasteiger partial charge in [0.2, 0.25) is 5.79 Å². The van der Waals surface area contributed by atoms with Gasteiger partial charge in [-0.3, -0.25) is 0 Å². The van der Waals surface area contributed by atoms with Crippen LogP contribution in [0.1, 0.15) is 34.6 Å². The summed E-state index contributed by atoms with van der Waals surface area (Å²) in [5, 5.41) is 28.2. The minimum absolute atomic E-state index is 0.128. The monoisotopic (exact) mass is 220 g/mol. The van der Waals surface area contributed by atoms with E-state index in [1.807, 2.05) is 27.7 Å². The molecule has 4 atom stereocenters. The van der Waals surface area contributed by atoms with Gasteiger partial charge in [-0.2, -0.15) is 0 Å². The zero-order valence-corrected chi connectivity index (χ0v) is 10.3. The van der Waals surface area contributed by atoms with Crippen LogP contribution in [0.25, 0.3) is 0 Å². The minimum Gasteiger partial charge on any atom is -0.391 e. The average Bonchev–Trinajstić information content (AvgIpc) is 2.42. The molecule has 0 aromatic heterocycles. The van der Waals surface area contributed by atoms with E-state index >= 15 is 0 Å². The van der Waals surface area contributed by atoms with Gasteiger partial charge in [0.15, 0.2) is 0 Å². The Morgan fingerprint density at radius 2 is 1.80 bits per heavy atom. The normalized spacial score (nSPS) is 40.2. The second-order valence-corrected chi connectivity index (χ2v) is 4.09. The van der Waals surface area contributed by atoms with Gasteiger partial charge in [0.1, 0.15) is 6.10 Å². The van der Waals surface area contributed by atoms with Crippen molar-refractivity contribution in [1.29, 1.82) is 0 Å². The molecule has 0 aromatic carbocycles. The van der Waals surface area contributed by atoms with E-state index in [2.05, 4.69) is 0 Å². The Balaban J connectivity index is 0.000000921. The van der Waals surface area contributed by atoms with Gasteiger partial charge >= 0.3 is 0 Å². The van der Waals surface area contributed by atoms with Crippen LogP contribution < -0.4 is 0 Å².